The zero-order valence-electron chi connectivity index (χ0n) is 13.4. The summed E-state index contributed by atoms with van der Waals surface area (Å²) in [6, 6.07) is 7.21. The summed E-state index contributed by atoms with van der Waals surface area (Å²) in [5.41, 5.74) is 0.754. The van der Waals surface area contributed by atoms with Crippen LogP contribution in [0.25, 0.3) is 0 Å². The molecule has 0 saturated heterocycles. The van der Waals surface area contributed by atoms with Crippen LogP contribution >= 0.6 is 11.8 Å². The highest BCUT2D eigenvalue weighted by atomic mass is 32.2. The average molecular weight is 331 g/mol. The molecule has 1 aromatic heterocycles. The SMILES string of the molecule is CCCCS[C@@H](C)C(=O)Nc1ccc(Oc2cnccn2)cc1. The van der Waals surface area contributed by atoms with E-state index in [1.54, 1.807) is 42.5 Å². The molecule has 0 aliphatic rings. The van der Waals surface area contributed by atoms with E-state index in [2.05, 4.69) is 22.2 Å². The Morgan fingerprint density at radius 2 is 2.09 bits per heavy atom. The lowest BCUT2D eigenvalue weighted by atomic mass is 10.3. The topological polar surface area (TPSA) is 64.1 Å². The lowest BCUT2D eigenvalue weighted by Crippen LogP contribution is -2.22. The number of rotatable bonds is 8. The van der Waals surface area contributed by atoms with Crippen molar-refractivity contribution >= 4 is 23.4 Å². The number of hydrogen-bond acceptors (Lipinski definition) is 5. The number of unbranched alkanes of at least 4 members (excludes halogenated alkanes) is 1. The number of nitrogens with zero attached hydrogens (tertiary/aromatic N) is 2. The Balaban J connectivity index is 1.86. The fourth-order valence-corrected chi connectivity index (χ4v) is 2.81. The highest BCUT2D eigenvalue weighted by molar-refractivity contribution is 8.00. The number of nitrogens with one attached hydrogen (secondary N) is 1. The monoisotopic (exact) mass is 331 g/mol. The van der Waals surface area contributed by atoms with Crippen molar-refractivity contribution in [3.05, 3.63) is 42.9 Å². The summed E-state index contributed by atoms with van der Waals surface area (Å²) >= 11 is 1.68. The number of hydrogen-bond donors (Lipinski definition) is 1. The van der Waals surface area contributed by atoms with Crippen LogP contribution in [0.3, 0.4) is 0 Å². The van der Waals surface area contributed by atoms with E-state index in [4.69, 9.17) is 4.74 Å². The van der Waals surface area contributed by atoms with Crippen LogP contribution in [0.1, 0.15) is 26.7 Å². The van der Waals surface area contributed by atoms with Gasteiger partial charge in [-0.1, -0.05) is 13.3 Å². The number of amides is 1. The second kappa shape index (κ2) is 9.15. The van der Waals surface area contributed by atoms with E-state index in [0.29, 0.717) is 11.6 Å². The molecule has 2 aromatic rings. The molecule has 0 bridgehead atoms. The molecule has 0 aliphatic carbocycles. The quantitative estimate of drug-likeness (QED) is 0.737. The lowest BCUT2D eigenvalue weighted by Gasteiger charge is -2.12. The van der Waals surface area contributed by atoms with Crippen molar-refractivity contribution < 1.29 is 9.53 Å². The first kappa shape index (κ1) is 17.3. The van der Waals surface area contributed by atoms with Gasteiger partial charge in [0.15, 0.2) is 0 Å². The second-order valence-electron chi connectivity index (χ2n) is 5.03. The van der Waals surface area contributed by atoms with E-state index in [1.165, 1.54) is 0 Å². The van der Waals surface area contributed by atoms with E-state index in [9.17, 15) is 4.79 Å². The molecule has 0 radical (unpaired) electrons. The van der Waals surface area contributed by atoms with Gasteiger partial charge in [-0.05, 0) is 43.4 Å². The van der Waals surface area contributed by atoms with Crippen LogP contribution in [0.2, 0.25) is 0 Å². The van der Waals surface area contributed by atoms with Crippen molar-refractivity contribution in [3.8, 4) is 11.6 Å². The molecule has 122 valence electrons. The van der Waals surface area contributed by atoms with Crippen molar-refractivity contribution in [2.75, 3.05) is 11.1 Å². The van der Waals surface area contributed by atoms with Crippen LogP contribution in [0.4, 0.5) is 5.69 Å². The Bertz CT molecular complexity index is 605. The van der Waals surface area contributed by atoms with Gasteiger partial charge in [-0.2, -0.15) is 0 Å². The van der Waals surface area contributed by atoms with Crippen molar-refractivity contribution in [2.24, 2.45) is 0 Å². The molecule has 1 N–H and O–H groups in total. The molecule has 1 aromatic carbocycles. The van der Waals surface area contributed by atoms with Crippen molar-refractivity contribution in [1.82, 2.24) is 9.97 Å². The van der Waals surface area contributed by atoms with Crippen LogP contribution in [-0.4, -0.2) is 26.9 Å². The van der Waals surface area contributed by atoms with Gasteiger partial charge in [0.25, 0.3) is 0 Å². The zero-order chi connectivity index (χ0) is 16.5. The summed E-state index contributed by atoms with van der Waals surface area (Å²) in [6.07, 6.45) is 6.99. The normalized spacial score (nSPS) is 11.7. The van der Waals surface area contributed by atoms with Gasteiger partial charge in [-0.15, -0.1) is 11.8 Å². The molecule has 23 heavy (non-hydrogen) atoms. The molecule has 1 heterocycles. The van der Waals surface area contributed by atoms with E-state index >= 15 is 0 Å². The predicted molar refractivity (Wildman–Crippen MR) is 94.0 cm³/mol. The molecule has 1 amide bonds. The Morgan fingerprint density at radius 3 is 2.74 bits per heavy atom. The largest absolute Gasteiger partial charge is 0.438 e. The van der Waals surface area contributed by atoms with Crippen molar-refractivity contribution in [3.63, 3.8) is 0 Å². The van der Waals surface area contributed by atoms with E-state index in [-0.39, 0.29) is 11.2 Å². The van der Waals surface area contributed by atoms with Gasteiger partial charge in [-0.3, -0.25) is 9.78 Å². The minimum Gasteiger partial charge on any atom is -0.438 e. The Kier molecular flexibility index (Phi) is 6.87. The Morgan fingerprint density at radius 1 is 1.30 bits per heavy atom. The van der Waals surface area contributed by atoms with Crippen molar-refractivity contribution in [2.45, 2.75) is 31.9 Å². The first-order valence-corrected chi connectivity index (χ1v) is 8.70. The Hall–Kier alpha value is -2.08. The van der Waals surface area contributed by atoms with Gasteiger partial charge in [0.2, 0.25) is 11.8 Å². The third kappa shape index (κ3) is 5.90. The summed E-state index contributed by atoms with van der Waals surface area (Å²) in [4.78, 5) is 20.1. The summed E-state index contributed by atoms with van der Waals surface area (Å²) in [6.45, 7) is 4.08. The highest BCUT2D eigenvalue weighted by Gasteiger charge is 2.13. The number of thioether (sulfide) groups is 1. The number of aromatic nitrogens is 2. The molecule has 6 heteroatoms. The molecule has 0 fully saturated rings. The molecule has 0 spiro atoms. The smallest absolute Gasteiger partial charge is 0.237 e. The number of carbonyl (C=O) groups is 1. The van der Waals surface area contributed by atoms with E-state index < -0.39 is 0 Å². The molecule has 5 nitrogen and oxygen atoms in total. The predicted octanol–water partition coefficient (Wildman–Crippen LogP) is 4.13. The summed E-state index contributed by atoms with van der Waals surface area (Å²) in [7, 11) is 0. The summed E-state index contributed by atoms with van der Waals surface area (Å²) in [5.74, 6) is 2.11. The number of benzene rings is 1. The molecule has 2 rings (SSSR count). The standard InChI is InChI=1S/C17H21N3O2S/c1-3-4-11-23-13(2)17(21)20-14-5-7-15(8-6-14)22-16-12-18-9-10-19-16/h5-10,12-13H,3-4,11H2,1-2H3,(H,20,21)/t13-/m0/s1. The molecule has 1 atom stereocenters. The average Bonchev–Trinajstić information content (AvgIpc) is 2.57. The Labute approximate surface area is 140 Å². The number of anilines is 1. The third-order valence-corrected chi connectivity index (χ3v) is 4.36. The van der Waals surface area contributed by atoms with Gasteiger partial charge in [0, 0.05) is 18.1 Å². The highest BCUT2D eigenvalue weighted by Crippen LogP contribution is 2.21. The van der Waals surface area contributed by atoms with Crippen LogP contribution < -0.4 is 10.1 Å². The van der Waals surface area contributed by atoms with Gasteiger partial charge in [0.05, 0.1) is 11.4 Å². The molecule has 0 unspecified atom stereocenters. The minimum atomic E-state index is -0.0583. The van der Waals surface area contributed by atoms with Crippen LogP contribution in [0.5, 0.6) is 11.6 Å². The fraction of sp³-hybridized carbons (Fsp3) is 0.353. The second-order valence-corrected chi connectivity index (χ2v) is 6.47. The van der Waals surface area contributed by atoms with Crippen LogP contribution in [0.15, 0.2) is 42.9 Å². The maximum absolute atomic E-state index is 12.1. The number of carbonyl (C=O) groups excluding carboxylic acids is 1. The maximum Gasteiger partial charge on any atom is 0.237 e. The summed E-state index contributed by atoms with van der Waals surface area (Å²) < 4.78 is 5.56. The van der Waals surface area contributed by atoms with Gasteiger partial charge in [-0.25, -0.2) is 4.98 Å². The van der Waals surface area contributed by atoms with Crippen molar-refractivity contribution in [1.29, 1.82) is 0 Å². The van der Waals surface area contributed by atoms with E-state index in [0.717, 1.165) is 24.3 Å². The van der Waals surface area contributed by atoms with E-state index in [1.807, 2.05) is 19.1 Å². The summed E-state index contributed by atoms with van der Waals surface area (Å²) in [5, 5.41) is 2.86. The number of ether oxygens (including phenoxy) is 1. The molecule has 0 saturated carbocycles. The van der Waals surface area contributed by atoms with Gasteiger partial charge < -0.3 is 10.1 Å². The maximum atomic E-state index is 12.1. The lowest BCUT2D eigenvalue weighted by molar-refractivity contribution is -0.115. The third-order valence-electron chi connectivity index (χ3n) is 3.12. The van der Waals surface area contributed by atoms with Gasteiger partial charge >= 0.3 is 0 Å². The zero-order valence-corrected chi connectivity index (χ0v) is 14.2. The minimum absolute atomic E-state index is 0.0219. The first-order chi connectivity index (χ1) is 11.2. The molecular formula is C17H21N3O2S. The fourth-order valence-electron chi connectivity index (χ4n) is 1.79. The molecular weight excluding hydrogens is 310 g/mol. The first-order valence-electron chi connectivity index (χ1n) is 7.65. The molecule has 0 aliphatic heterocycles. The van der Waals surface area contributed by atoms with Crippen LogP contribution in [0, 0.1) is 0 Å². The van der Waals surface area contributed by atoms with Crippen LogP contribution in [-0.2, 0) is 4.79 Å². The van der Waals surface area contributed by atoms with Gasteiger partial charge in [0.1, 0.15) is 5.75 Å².